The monoisotopic (exact) mass is 767 g/mol. The SMILES string of the molecule is C/C(=C\CCC1(C)OC1CC/C(C)=C/CO)CC/C=C(\C)CCCC(C)(O)CCCCC(C)(O)CCCC(C)(O)CCCC(C)(O)CCC(O)C(C)(C)O. The van der Waals surface area contributed by atoms with Gasteiger partial charge in [0.1, 0.15) is 0 Å². The Morgan fingerprint density at radius 3 is 1.52 bits per heavy atom. The van der Waals surface area contributed by atoms with Gasteiger partial charge in [0.15, 0.2) is 0 Å². The van der Waals surface area contributed by atoms with Gasteiger partial charge in [0, 0.05) is 0 Å². The van der Waals surface area contributed by atoms with Crippen LogP contribution in [-0.4, -0.2) is 88.2 Å². The first kappa shape index (κ1) is 50.9. The molecule has 0 aromatic carbocycles. The molecule has 0 bridgehead atoms. The molecule has 1 saturated heterocycles. The van der Waals surface area contributed by atoms with Gasteiger partial charge < -0.3 is 40.5 Å². The number of hydrogen-bond acceptors (Lipinski definition) is 8. The Bertz CT molecular complexity index is 1140. The molecule has 8 heteroatoms. The van der Waals surface area contributed by atoms with E-state index in [1.165, 1.54) is 16.7 Å². The summed E-state index contributed by atoms with van der Waals surface area (Å²) in [4.78, 5) is 0. The van der Waals surface area contributed by atoms with Crippen molar-refractivity contribution >= 4 is 0 Å². The third kappa shape index (κ3) is 23.8. The highest BCUT2D eigenvalue weighted by Gasteiger charge is 2.50. The summed E-state index contributed by atoms with van der Waals surface area (Å²) < 4.78 is 6.00. The van der Waals surface area contributed by atoms with E-state index in [2.05, 4.69) is 39.8 Å². The van der Waals surface area contributed by atoms with E-state index in [1.807, 2.05) is 26.8 Å². The van der Waals surface area contributed by atoms with Gasteiger partial charge in [-0.1, -0.05) is 47.8 Å². The van der Waals surface area contributed by atoms with Crippen LogP contribution in [0.1, 0.15) is 204 Å². The fraction of sp³-hybridized carbons (Fsp3) is 0.870. The Hall–Kier alpha value is -1.10. The van der Waals surface area contributed by atoms with Crippen LogP contribution in [0.25, 0.3) is 0 Å². The van der Waals surface area contributed by atoms with E-state index in [0.29, 0.717) is 63.9 Å². The summed E-state index contributed by atoms with van der Waals surface area (Å²) in [6, 6.07) is 0. The lowest BCUT2D eigenvalue weighted by Gasteiger charge is -2.31. The number of aliphatic hydroxyl groups is 7. The standard InChI is InChI=1S/C46H86O8/c1-36(18-13-19-37(2)21-15-33-46(10)40(54-46)23-22-38(3)25-35-47)20-14-28-42(6,50)26-11-12-27-43(7,51)29-16-30-44(8,52)31-17-32-45(9,53)34-24-39(48)41(4,5)49/h18,21,25,39-40,47-53H,11-17,19-20,22-24,26-35H2,1-10H3/b36-18+,37-21+,38-25+. The van der Waals surface area contributed by atoms with Crippen LogP contribution in [0.15, 0.2) is 34.9 Å². The molecule has 0 spiro atoms. The Balaban J connectivity index is 2.23. The Morgan fingerprint density at radius 1 is 0.593 bits per heavy atom. The molecule has 7 unspecified atom stereocenters. The number of epoxide rings is 1. The minimum absolute atomic E-state index is 0.000454. The molecule has 0 aromatic heterocycles. The van der Waals surface area contributed by atoms with Crippen molar-refractivity contribution in [2.24, 2.45) is 0 Å². The fourth-order valence-electron chi connectivity index (χ4n) is 7.61. The van der Waals surface area contributed by atoms with Crippen LogP contribution in [0, 0.1) is 0 Å². The molecule has 0 aliphatic carbocycles. The van der Waals surface area contributed by atoms with Crippen molar-refractivity contribution in [3.05, 3.63) is 34.9 Å². The van der Waals surface area contributed by atoms with Gasteiger partial charge in [0.05, 0.1) is 52.4 Å². The average molecular weight is 767 g/mol. The first-order chi connectivity index (χ1) is 24.8. The van der Waals surface area contributed by atoms with E-state index in [-0.39, 0.29) is 12.2 Å². The van der Waals surface area contributed by atoms with Crippen molar-refractivity contribution in [2.75, 3.05) is 6.61 Å². The van der Waals surface area contributed by atoms with Gasteiger partial charge in [-0.3, -0.25) is 0 Å². The molecular formula is C46H86O8. The molecular weight excluding hydrogens is 680 g/mol. The second kappa shape index (κ2) is 23.3. The maximum Gasteiger partial charge on any atom is 0.0923 e. The summed E-state index contributed by atoms with van der Waals surface area (Å²) in [5, 5.41) is 72.6. The molecule has 1 aliphatic rings. The zero-order chi connectivity index (χ0) is 41.3. The van der Waals surface area contributed by atoms with E-state index < -0.39 is 34.1 Å². The van der Waals surface area contributed by atoms with Crippen LogP contribution in [0.2, 0.25) is 0 Å². The highest BCUT2D eigenvalue weighted by atomic mass is 16.6. The van der Waals surface area contributed by atoms with E-state index in [9.17, 15) is 30.6 Å². The second-order valence-corrected chi connectivity index (χ2v) is 19.3. The molecule has 0 radical (unpaired) electrons. The van der Waals surface area contributed by atoms with Crippen molar-refractivity contribution in [2.45, 2.75) is 250 Å². The van der Waals surface area contributed by atoms with Crippen LogP contribution in [0.3, 0.4) is 0 Å². The van der Waals surface area contributed by atoms with Crippen LogP contribution < -0.4 is 0 Å². The third-order valence-electron chi connectivity index (χ3n) is 12.0. The smallest absolute Gasteiger partial charge is 0.0923 e. The summed E-state index contributed by atoms with van der Waals surface area (Å²) >= 11 is 0. The van der Waals surface area contributed by atoms with Crippen molar-refractivity contribution in [1.82, 2.24) is 0 Å². The molecule has 54 heavy (non-hydrogen) atoms. The molecule has 318 valence electrons. The molecule has 7 atom stereocenters. The number of aliphatic hydroxyl groups excluding tert-OH is 2. The first-order valence-corrected chi connectivity index (χ1v) is 21.4. The lowest BCUT2D eigenvalue weighted by Crippen LogP contribution is -2.38. The number of hydrogen-bond donors (Lipinski definition) is 7. The molecule has 1 rings (SSSR count). The van der Waals surface area contributed by atoms with Crippen molar-refractivity contribution in [3.8, 4) is 0 Å². The average Bonchev–Trinajstić information content (AvgIpc) is 3.69. The molecule has 7 N–H and O–H groups in total. The lowest BCUT2D eigenvalue weighted by molar-refractivity contribution is -0.0649. The maximum absolute atomic E-state index is 11.0. The molecule has 0 amide bonds. The number of allylic oxidation sites excluding steroid dienone is 5. The summed E-state index contributed by atoms with van der Waals surface area (Å²) in [7, 11) is 0. The van der Waals surface area contributed by atoms with Crippen LogP contribution in [0.4, 0.5) is 0 Å². The summed E-state index contributed by atoms with van der Waals surface area (Å²) in [6.07, 6.45) is 22.3. The second-order valence-electron chi connectivity index (χ2n) is 19.3. The van der Waals surface area contributed by atoms with Crippen LogP contribution >= 0.6 is 0 Å². The molecule has 1 fully saturated rings. The van der Waals surface area contributed by atoms with Crippen LogP contribution in [-0.2, 0) is 4.74 Å². The number of ether oxygens (including phenoxy) is 1. The van der Waals surface area contributed by atoms with E-state index in [4.69, 9.17) is 9.84 Å². The molecule has 1 heterocycles. The molecule has 0 saturated carbocycles. The van der Waals surface area contributed by atoms with Gasteiger partial charge in [0.2, 0.25) is 0 Å². The zero-order valence-electron chi connectivity index (χ0n) is 36.5. The Kier molecular flexibility index (Phi) is 22.0. The Morgan fingerprint density at radius 2 is 1.02 bits per heavy atom. The van der Waals surface area contributed by atoms with E-state index >= 15 is 0 Å². The first-order valence-electron chi connectivity index (χ1n) is 21.4. The zero-order valence-corrected chi connectivity index (χ0v) is 36.5. The van der Waals surface area contributed by atoms with Crippen molar-refractivity contribution in [1.29, 1.82) is 0 Å². The van der Waals surface area contributed by atoms with Gasteiger partial charge in [0.25, 0.3) is 0 Å². The number of rotatable bonds is 31. The van der Waals surface area contributed by atoms with Gasteiger partial charge in [-0.15, -0.1) is 0 Å². The quantitative estimate of drug-likeness (QED) is 0.0209. The van der Waals surface area contributed by atoms with Gasteiger partial charge in [-0.25, -0.2) is 0 Å². The topological polar surface area (TPSA) is 154 Å². The minimum Gasteiger partial charge on any atom is -0.392 e. The summed E-state index contributed by atoms with van der Waals surface area (Å²) in [5.41, 5.74) is -0.539. The minimum atomic E-state index is -1.20. The predicted molar refractivity (Wildman–Crippen MR) is 223 cm³/mol. The predicted octanol–water partition coefficient (Wildman–Crippen LogP) is 9.30. The number of unbranched alkanes of at least 4 members (excludes halogenated alkanes) is 1. The highest BCUT2D eigenvalue weighted by Crippen LogP contribution is 2.43. The van der Waals surface area contributed by atoms with Gasteiger partial charge in [-0.2, -0.15) is 0 Å². The molecule has 8 nitrogen and oxygen atoms in total. The summed E-state index contributed by atoms with van der Waals surface area (Å²) in [6.45, 7) is 19.3. The van der Waals surface area contributed by atoms with Crippen molar-refractivity contribution < 1.29 is 40.5 Å². The van der Waals surface area contributed by atoms with E-state index in [1.54, 1.807) is 20.8 Å². The lowest BCUT2D eigenvalue weighted by atomic mass is 9.84. The Labute approximate surface area is 331 Å². The largest absolute Gasteiger partial charge is 0.392 e. The highest BCUT2D eigenvalue weighted by molar-refractivity contribution is 5.07. The van der Waals surface area contributed by atoms with Gasteiger partial charge in [-0.05, 0) is 191 Å². The van der Waals surface area contributed by atoms with E-state index in [0.717, 1.165) is 77.0 Å². The summed E-state index contributed by atoms with van der Waals surface area (Å²) in [5.74, 6) is 0. The van der Waals surface area contributed by atoms with Gasteiger partial charge >= 0.3 is 0 Å². The normalized spacial score (nSPS) is 23.7. The maximum atomic E-state index is 11.0. The third-order valence-corrected chi connectivity index (χ3v) is 12.0. The molecule has 0 aromatic rings. The van der Waals surface area contributed by atoms with Crippen LogP contribution in [0.5, 0.6) is 0 Å². The molecule has 1 aliphatic heterocycles. The fourth-order valence-corrected chi connectivity index (χ4v) is 7.61. The van der Waals surface area contributed by atoms with Crippen molar-refractivity contribution in [3.63, 3.8) is 0 Å².